The lowest BCUT2D eigenvalue weighted by molar-refractivity contribution is -0.141. The van der Waals surface area contributed by atoms with Gasteiger partial charge in [-0.1, -0.05) is 18.5 Å². The average molecular weight is 654 g/mol. The van der Waals surface area contributed by atoms with Crippen molar-refractivity contribution in [2.24, 2.45) is 0 Å². The highest BCUT2D eigenvalue weighted by Gasteiger charge is 2.34. The van der Waals surface area contributed by atoms with Crippen LogP contribution in [-0.2, 0) is 28.7 Å². The monoisotopic (exact) mass is 653 g/mol. The van der Waals surface area contributed by atoms with E-state index in [0.717, 1.165) is 38.1 Å². The third-order valence-corrected chi connectivity index (χ3v) is 7.79. The molecule has 0 spiro atoms. The molecule has 2 aliphatic rings. The molecule has 0 unspecified atom stereocenters. The van der Waals surface area contributed by atoms with E-state index in [1.54, 1.807) is 30.2 Å². The summed E-state index contributed by atoms with van der Waals surface area (Å²) in [6, 6.07) is 1.77. The zero-order valence-corrected chi connectivity index (χ0v) is 26.2. The number of nitrogens with zero attached hydrogens (tertiary/aromatic N) is 8. The minimum absolute atomic E-state index is 0.0949. The first-order valence-corrected chi connectivity index (χ1v) is 15.1. The lowest BCUT2D eigenvalue weighted by Crippen LogP contribution is -2.51. The predicted molar refractivity (Wildman–Crippen MR) is 161 cm³/mol. The Hall–Kier alpha value is -4.08. The number of fused-ring (bicyclic) bond motifs is 1. The standard InChI is InChI=1S/C28H35ClF3N9O4/c1-5-18-21(37-12-14-39(15-13-37)26(44)45-27(2,3)4)23(43)41-25(35-24(36-41)38-10-6-7-11-38)40(18)16-20(42)33-17-8-9-19(28(30,31)32)34-22(17)29/h8-9H,5-7,10-16H2,1-4H3,(H,33,42). The number of piperazine rings is 1. The molecule has 3 aromatic heterocycles. The first kappa shape index (κ1) is 32.3. The van der Waals surface area contributed by atoms with Crippen LogP contribution in [0.5, 0.6) is 0 Å². The molecule has 0 aliphatic carbocycles. The highest BCUT2D eigenvalue weighted by atomic mass is 35.5. The van der Waals surface area contributed by atoms with E-state index < -0.39 is 40.2 Å². The van der Waals surface area contributed by atoms with E-state index in [1.165, 1.54) is 4.52 Å². The van der Waals surface area contributed by atoms with Crippen molar-refractivity contribution in [1.82, 2.24) is 29.0 Å². The molecular weight excluding hydrogens is 619 g/mol. The van der Waals surface area contributed by atoms with Crippen molar-refractivity contribution in [2.45, 2.75) is 65.3 Å². The maximum atomic E-state index is 14.0. The molecule has 2 amide bonds. The number of pyridine rings is 1. The molecular formula is C28H35ClF3N9O4. The molecule has 0 saturated carbocycles. The summed E-state index contributed by atoms with van der Waals surface area (Å²) in [5.41, 5.74) is -1.49. The number of amides is 2. The summed E-state index contributed by atoms with van der Waals surface area (Å²) in [5.74, 6) is -0.102. The quantitative estimate of drug-likeness (QED) is 0.395. The Morgan fingerprint density at radius 2 is 1.67 bits per heavy atom. The van der Waals surface area contributed by atoms with Gasteiger partial charge in [-0.2, -0.15) is 22.7 Å². The number of halogens is 4. The molecule has 3 aromatic rings. The Bertz CT molecular complexity index is 1650. The van der Waals surface area contributed by atoms with Crippen LogP contribution < -0.4 is 20.7 Å². The number of hydrogen-bond donors (Lipinski definition) is 1. The number of alkyl halides is 3. The van der Waals surface area contributed by atoms with E-state index >= 15 is 0 Å². The number of aromatic nitrogens is 5. The summed E-state index contributed by atoms with van der Waals surface area (Å²) in [4.78, 5) is 53.4. The molecule has 5 heterocycles. The van der Waals surface area contributed by atoms with Crippen LogP contribution >= 0.6 is 11.6 Å². The number of carbonyl (C=O) groups is 2. The fourth-order valence-corrected chi connectivity index (χ4v) is 5.63. The summed E-state index contributed by atoms with van der Waals surface area (Å²) >= 11 is 5.98. The van der Waals surface area contributed by atoms with Gasteiger partial charge >= 0.3 is 12.3 Å². The third-order valence-electron chi connectivity index (χ3n) is 7.50. The van der Waals surface area contributed by atoms with Gasteiger partial charge in [0.2, 0.25) is 17.6 Å². The van der Waals surface area contributed by atoms with E-state index in [9.17, 15) is 27.6 Å². The average Bonchev–Trinajstić information content (AvgIpc) is 3.65. The van der Waals surface area contributed by atoms with Crippen LogP contribution in [0.15, 0.2) is 16.9 Å². The van der Waals surface area contributed by atoms with Crippen LogP contribution in [0.3, 0.4) is 0 Å². The normalized spacial score (nSPS) is 16.0. The van der Waals surface area contributed by atoms with E-state index in [1.807, 2.05) is 16.7 Å². The maximum absolute atomic E-state index is 14.0. The number of nitrogens with one attached hydrogen (secondary N) is 1. The van der Waals surface area contributed by atoms with Gasteiger partial charge in [-0.3, -0.25) is 9.59 Å². The molecule has 5 rings (SSSR count). The van der Waals surface area contributed by atoms with E-state index in [0.29, 0.717) is 49.9 Å². The van der Waals surface area contributed by atoms with Crippen LogP contribution in [-0.4, -0.2) is 85.9 Å². The first-order chi connectivity index (χ1) is 21.2. The van der Waals surface area contributed by atoms with Gasteiger partial charge in [0.15, 0.2) is 5.15 Å². The largest absolute Gasteiger partial charge is 0.444 e. The lowest BCUT2D eigenvalue weighted by Gasteiger charge is -2.37. The molecule has 0 radical (unpaired) electrons. The number of rotatable bonds is 6. The fraction of sp³-hybridized carbons (Fsp3) is 0.571. The zero-order valence-electron chi connectivity index (χ0n) is 25.4. The van der Waals surface area contributed by atoms with Gasteiger partial charge in [-0.05, 0) is 52.2 Å². The number of anilines is 3. The Morgan fingerprint density at radius 1 is 1.00 bits per heavy atom. The van der Waals surface area contributed by atoms with Crippen molar-refractivity contribution in [3.8, 4) is 0 Å². The predicted octanol–water partition coefficient (Wildman–Crippen LogP) is 3.82. The maximum Gasteiger partial charge on any atom is 0.433 e. The highest BCUT2D eigenvalue weighted by Crippen LogP contribution is 2.31. The summed E-state index contributed by atoms with van der Waals surface area (Å²) in [5, 5.41) is 6.54. The van der Waals surface area contributed by atoms with Crippen LogP contribution in [0.25, 0.3) is 5.78 Å². The molecule has 2 aliphatic heterocycles. The molecule has 0 atom stereocenters. The van der Waals surface area contributed by atoms with Crippen molar-refractivity contribution >= 4 is 46.7 Å². The molecule has 45 heavy (non-hydrogen) atoms. The smallest absolute Gasteiger partial charge is 0.433 e. The topological polar surface area (TPSA) is 130 Å². The second-order valence-corrected chi connectivity index (χ2v) is 12.3. The van der Waals surface area contributed by atoms with Gasteiger partial charge in [-0.25, -0.2) is 9.78 Å². The molecule has 2 fully saturated rings. The Labute approximate surface area is 261 Å². The summed E-state index contributed by atoms with van der Waals surface area (Å²) in [6.07, 6.45) is -2.88. The third kappa shape index (κ3) is 6.94. The van der Waals surface area contributed by atoms with Gasteiger partial charge in [-0.15, -0.1) is 5.10 Å². The Balaban J connectivity index is 1.49. The van der Waals surface area contributed by atoms with Gasteiger partial charge in [0.25, 0.3) is 5.56 Å². The molecule has 244 valence electrons. The minimum Gasteiger partial charge on any atom is -0.444 e. The molecule has 13 nitrogen and oxygen atoms in total. The summed E-state index contributed by atoms with van der Waals surface area (Å²) in [7, 11) is 0. The number of carbonyl (C=O) groups excluding carboxylic acids is 2. The zero-order chi connectivity index (χ0) is 32.7. The van der Waals surface area contributed by atoms with E-state index in [4.69, 9.17) is 16.3 Å². The SMILES string of the molecule is CCc1c(N2CCN(C(=O)OC(C)(C)C)CC2)c(=O)n2nc(N3CCCC3)nc2n1CC(=O)Nc1ccc(C(F)(F)F)nc1Cl. The lowest BCUT2D eigenvalue weighted by atomic mass is 10.2. The van der Waals surface area contributed by atoms with Crippen molar-refractivity contribution in [3.05, 3.63) is 39.0 Å². The Kier molecular flexibility index (Phi) is 8.88. The summed E-state index contributed by atoms with van der Waals surface area (Å²) in [6.45, 7) is 9.62. The van der Waals surface area contributed by atoms with Crippen LogP contribution in [0.1, 0.15) is 51.9 Å². The number of hydrogen-bond acceptors (Lipinski definition) is 9. The molecule has 17 heteroatoms. The molecule has 0 bridgehead atoms. The van der Waals surface area contributed by atoms with Crippen molar-refractivity contribution in [2.75, 3.05) is 54.4 Å². The summed E-state index contributed by atoms with van der Waals surface area (Å²) < 4.78 is 47.5. The van der Waals surface area contributed by atoms with Gasteiger partial charge < -0.3 is 29.3 Å². The van der Waals surface area contributed by atoms with Crippen LogP contribution in [0.4, 0.5) is 35.3 Å². The molecule has 2 saturated heterocycles. The molecule has 0 aromatic carbocycles. The minimum atomic E-state index is -4.70. The highest BCUT2D eigenvalue weighted by molar-refractivity contribution is 6.32. The van der Waals surface area contributed by atoms with Crippen molar-refractivity contribution in [1.29, 1.82) is 0 Å². The second-order valence-electron chi connectivity index (χ2n) is 11.9. The first-order valence-electron chi connectivity index (χ1n) is 14.7. The second kappa shape index (κ2) is 12.4. The Morgan fingerprint density at radius 3 is 2.24 bits per heavy atom. The van der Waals surface area contributed by atoms with Crippen molar-refractivity contribution < 1.29 is 27.5 Å². The van der Waals surface area contributed by atoms with Gasteiger partial charge in [0, 0.05) is 39.3 Å². The van der Waals surface area contributed by atoms with E-state index in [-0.39, 0.29) is 18.0 Å². The van der Waals surface area contributed by atoms with Gasteiger partial charge in [0.1, 0.15) is 23.5 Å². The van der Waals surface area contributed by atoms with Gasteiger partial charge in [0.05, 0.1) is 11.4 Å². The number of ether oxygens (including phenoxy) is 1. The van der Waals surface area contributed by atoms with Crippen molar-refractivity contribution in [3.63, 3.8) is 0 Å². The van der Waals surface area contributed by atoms with E-state index in [2.05, 4.69) is 20.4 Å². The van der Waals surface area contributed by atoms with Crippen LogP contribution in [0, 0.1) is 0 Å². The molecule has 1 N–H and O–H groups in total. The van der Waals surface area contributed by atoms with Crippen LogP contribution in [0.2, 0.25) is 5.15 Å². The fourth-order valence-electron chi connectivity index (χ4n) is 5.43.